The Morgan fingerprint density at radius 1 is 1.25 bits per heavy atom. The van der Waals surface area contributed by atoms with Gasteiger partial charge in [-0.15, -0.1) is 11.3 Å². The fraction of sp³-hybridized carbons (Fsp3) is 0.476. The largest absolute Gasteiger partial charge is 0.341 e. The lowest BCUT2D eigenvalue weighted by molar-refractivity contribution is -0.134. The number of aromatic nitrogens is 1. The monoisotopic (exact) mass is 400 g/mol. The third-order valence-electron chi connectivity index (χ3n) is 4.97. The summed E-state index contributed by atoms with van der Waals surface area (Å²) >= 11 is 1.71. The van der Waals surface area contributed by atoms with Crippen molar-refractivity contribution in [2.45, 2.75) is 39.8 Å². The zero-order valence-electron chi connectivity index (χ0n) is 16.8. The summed E-state index contributed by atoms with van der Waals surface area (Å²) in [5.41, 5.74) is 2.72. The molecule has 1 aliphatic heterocycles. The van der Waals surface area contributed by atoms with Crippen LogP contribution in [-0.2, 0) is 17.8 Å². The van der Waals surface area contributed by atoms with Gasteiger partial charge in [0, 0.05) is 43.7 Å². The number of aryl methyl sites for hydroxylation is 2. The van der Waals surface area contributed by atoms with E-state index in [1.807, 2.05) is 30.0 Å². The van der Waals surface area contributed by atoms with Crippen LogP contribution >= 0.6 is 11.3 Å². The van der Waals surface area contributed by atoms with E-state index in [1.165, 1.54) is 5.01 Å². The molecule has 3 rings (SSSR count). The van der Waals surface area contributed by atoms with Crippen molar-refractivity contribution < 1.29 is 9.59 Å². The molecule has 1 atom stereocenters. The number of carbonyl (C=O) groups is 2. The van der Waals surface area contributed by atoms with Crippen LogP contribution in [-0.4, -0.2) is 58.8 Å². The summed E-state index contributed by atoms with van der Waals surface area (Å²) in [6.45, 7) is 9.64. The van der Waals surface area contributed by atoms with E-state index < -0.39 is 6.04 Å². The lowest BCUT2D eigenvalue weighted by atomic mass is 10.1. The van der Waals surface area contributed by atoms with E-state index in [0.717, 1.165) is 37.3 Å². The Bertz CT molecular complexity index is 827. The van der Waals surface area contributed by atoms with Crippen LogP contribution in [0.2, 0.25) is 0 Å². The summed E-state index contributed by atoms with van der Waals surface area (Å²) in [4.78, 5) is 33.9. The molecule has 2 amide bonds. The van der Waals surface area contributed by atoms with Crippen LogP contribution < -0.4 is 5.32 Å². The second-order valence-corrected chi connectivity index (χ2v) is 8.19. The molecule has 1 saturated heterocycles. The first-order chi connectivity index (χ1) is 13.5. The highest BCUT2D eigenvalue weighted by atomic mass is 32.1. The average molecular weight is 401 g/mol. The van der Waals surface area contributed by atoms with E-state index in [-0.39, 0.29) is 11.8 Å². The van der Waals surface area contributed by atoms with Crippen molar-refractivity contribution in [1.29, 1.82) is 0 Å². The Balaban J connectivity index is 1.48. The minimum absolute atomic E-state index is 0.0254. The quantitative estimate of drug-likeness (QED) is 0.809. The highest BCUT2D eigenvalue weighted by Crippen LogP contribution is 2.14. The molecule has 0 bridgehead atoms. The van der Waals surface area contributed by atoms with Gasteiger partial charge in [0.15, 0.2) is 0 Å². The Morgan fingerprint density at radius 3 is 2.64 bits per heavy atom. The second-order valence-electron chi connectivity index (χ2n) is 7.25. The molecule has 1 N–H and O–H groups in total. The van der Waals surface area contributed by atoms with E-state index in [1.54, 1.807) is 24.3 Å². The fourth-order valence-corrected chi connectivity index (χ4v) is 4.08. The number of amides is 2. The average Bonchev–Trinajstić information content (AvgIpc) is 3.15. The van der Waals surface area contributed by atoms with E-state index >= 15 is 0 Å². The summed E-state index contributed by atoms with van der Waals surface area (Å²) in [6, 6.07) is 6.85. The molecule has 0 aliphatic carbocycles. The van der Waals surface area contributed by atoms with Gasteiger partial charge >= 0.3 is 0 Å². The summed E-state index contributed by atoms with van der Waals surface area (Å²) in [5, 5.41) is 6.12. The van der Waals surface area contributed by atoms with Gasteiger partial charge in [0.05, 0.1) is 10.7 Å². The first kappa shape index (κ1) is 20.5. The van der Waals surface area contributed by atoms with E-state index in [2.05, 4.69) is 27.5 Å². The number of thiazole rings is 1. The number of hydrogen-bond donors (Lipinski definition) is 1. The number of nitrogens with zero attached hydrogens (tertiary/aromatic N) is 3. The first-order valence-corrected chi connectivity index (χ1v) is 10.7. The van der Waals surface area contributed by atoms with E-state index in [9.17, 15) is 9.59 Å². The zero-order valence-corrected chi connectivity index (χ0v) is 17.6. The third-order valence-corrected chi connectivity index (χ3v) is 6.01. The molecule has 1 aromatic carbocycles. The van der Waals surface area contributed by atoms with Crippen molar-refractivity contribution in [1.82, 2.24) is 20.1 Å². The topological polar surface area (TPSA) is 65.5 Å². The van der Waals surface area contributed by atoms with Gasteiger partial charge in [0.1, 0.15) is 6.04 Å². The molecule has 1 aromatic heterocycles. The molecule has 6 nitrogen and oxygen atoms in total. The second kappa shape index (κ2) is 9.30. The van der Waals surface area contributed by atoms with Crippen molar-refractivity contribution in [2.24, 2.45) is 0 Å². The molecule has 0 radical (unpaired) electrons. The molecule has 1 fully saturated rings. The summed E-state index contributed by atoms with van der Waals surface area (Å²) < 4.78 is 0. The minimum atomic E-state index is -0.537. The van der Waals surface area contributed by atoms with Crippen LogP contribution in [0.15, 0.2) is 29.6 Å². The molecule has 1 unspecified atom stereocenters. The first-order valence-electron chi connectivity index (χ1n) is 9.78. The number of carbonyl (C=O) groups excluding carboxylic acids is 2. The Morgan fingerprint density at radius 2 is 2.00 bits per heavy atom. The minimum Gasteiger partial charge on any atom is -0.341 e. The smallest absolute Gasteiger partial charge is 0.251 e. The predicted octanol–water partition coefficient (Wildman–Crippen LogP) is 2.48. The third kappa shape index (κ3) is 5.17. The predicted molar refractivity (Wildman–Crippen MR) is 111 cm³/mol. The summed E-state index contributed by atoms with van der Waals surface area (Å²) in [6.07, 6.45) is 0.971. The maximum atomic E-state index is 12.7. The molecular formula is C21H28N4O2S. The van der Waals surface area contributed by atoms with Gasteiger partial charge in [-0.1, -0.05) is 24.6 Å². The number of hydrogen-bond acceptors (Lipinski definition) is 5. The maximum Gasteiger partial charge on any atom is 0.251 e. The summed E-state index contributed by atoms with van der Waals surface area (Å²) in [7, 11) is 0. The molecule has 28 heavy (non-hydrogen) atoms. The normalized spacial score (nSPS) is 16.0. The van der Waals surface area contributed by atoms with Crippen molar-refractivity contribution in [3.63, 3.8) is 0 Å². The van der Waals surface area contributed by atoms with E-state index in [4.69, 9.17) is 0 Å². The fourth-order valence-electron chi connectivity index (χ4n) is 3.34. The molecule has 2 aromatic rings. The molecule has 150 valence electrons. The SMILES string of the molecule is CCc1nc(CN2CCN(C(=O)C(C)NC(=O)c3cccc(C)c3)CC2)cs1. The number of nitrogens with one attached hydrogen (secondary N) is 1. The van der Waals surface area contributed by atoms with Gasteiger partial charge in [0.2, 0.25) is 5.91 Å². The van der Waals surface area contributed by atoms with Gasteiger partial charge in [-0.05, 0) is 32.4 Å². The van der Waals surface area contributed by atoms with Crippen LogP contribution in [0.1, 0.15) is 40.5 Å². The number of benzene rings is 1. The molecule has 2 heterocycles. The maximum absolute atomic E-state index is 12.7. The molecule has 7 heteroatoms. The van der Waals surface area contributed by atoms with Crippen molar-refractivity contribution in [3.05, 3.63) is 51.5 Å². The Kier molecular flexibility index (Phi) is 6.80. The highest BCUT2D eigenvalue weighted by Gasteiger charge is 2.26. The van der Waals surface area contributed by atoms with Gasteiger partial charge in [-0.2, -0.15) is 0 Å². The number of piperazine rings is 1. The van der Waals surface area contributed by atoms with Crippen molar-refractivity contribution >= 4 is 23.2 Å². The van der Waals surface area contributed by atoms with Crippen LogP contribution in [0.25, 0.3) is 0 Å². The summed E-state index contributed by atoms with van der Waals surface area (Å²) in [5.74, 6) is -0.235. The van der Waals surface area contributed by atoms with Gasteiger partial charge in [0.25, 0.3) is 5.91 Å². The lowest BCUT2D eigenvalue weighted by Crippen LogP contribution is -2.53. The van der Waals surface area contributed by atoms with Crippen molar-refractivity contribution in [2.75, 3.05) is 26.2 Å². The standard InChI is InChI=1S/C21H28N4O2S/c1-4-19-23-18(14-28-19)13-24-8-10-25(11-9-24)21(27)16(3)22-20(26)17-7-5-6-15(2)12-17/h5-7,12,14,16H,4,8-11,13H2,1-3H3,(H,22,26). The van der Waals surface area contributed by atoms with Crippen LogP contribution in [0.3, 0.4) is 0 Å². The molecule has 1 aliphatic rings. The Hall–Kier alpha value is -2.25. The lowest BCUT2D eigenvalue weighted by Gasteiger charge is -2.35. The molecule has 0 spiro atoms. The zero-order chi connectivity index (χ0) is 20.1. The highest BCUT2D eigenvalue weighted by molar-refractivity contribution is 7.09. The van der Waals surface area contributed by atoms with Crippen LogP contribution in [0.4, 0.5) is 0 Å². The van der Waals surface area contributed by atoms with Crippen LogP contribution in [0, 0.1) is 6.92 Å². The molecule has 0 saturated carbocycles. The van der Waals surface area contributed by atoms with E-state index in [0.29, 0.717) is 18.7 Å². The van der Waals surface area contributed by atoms with Gasteiger partial charge in [-0.3, -0.25) is 14.5 Å². The van der Waals surface area contributed by atoms with Gasteiger partial charge in [-0.25, -0.2) is 4.98 Å². The Labute approximate surface area is 170 Å². The van der Waals surface area contributed by atoms with Crippen molar-refractivity contribution in [3.8, 4) is 0 Å². The van der Waals surface area contributed by atoms with Gasteiger partial charge < -0.3 is 10.2 Å². The molecular weight excluding hydrogens is 372 g/mol. The van der Waals surface area contributed by atoms with Crippen LogP contribution in [0.5, 0.6) is 0 Å². The number of rotatable bonds is 6.